The number of ether oxygens (including phenoxy) is 1. The van der Waals surface area contributed by atoms with Gasteiger partial charge in [0.25, 0.3) is 15.9 Å². The fourth-order valence-corrected chi connectivity index (χ4v) is 4.11. The highest BCUT2D eigenvalue weighted by Crippen LogP contribution is 2.36. The quantitative estimate of drug-likeness (QED) is 0.745. The van der Waals surface area contributed by atoms with E-state index in [1.54, 1.807) is 0 Å². The minimum atomic E-state index is -4.03. The molecule has 0 spiro atoms. The summed E-state index contributed by atoms with van der Waals surface area (Å²) < 4.78 is 33.3. The maximum Gasteiger partial charge on any atom is 0.264 e. The van der Waals surface area contributed by atoms with Crippen molar-refractivity contribution in [3.63, 3.8) is 0 Å². The summed E-state index contributed by atoms with van der Waals surface area (Å²) in [7, 11) is -4.03. The van der Waals surface area contributed by atoms with Gasteiger partial charge in [-0.15, -0.1) is 0 Å². The molecule has 1 unspecified atom stereocenters. The summed E-state index contributed by atoms with van der Waals surface area (Å²) in [5.74, 6) is 0.384. The molecule has 1 heterocycles. The summed E-state index contributed by atoms with van der Waals surface area (Å²) in [6.45, 7) is 1.90. The lowest BCUT2D eigenvalue weighted by atomic mass is 10.3. The average Bonchev–Trinajstić information content (AvgIpc) is 3.37. The van der Waals surface area contributed by atoms with Gasteiger partial charge in [-0.3, -0.25) is 4.72 Å². The summed E-state index contributed by atoms with van der Waals surface area (Å²) in [4.78, 5) is 7.86. The third kappa shape index (κ3) is 4.28. The molecule has 0 amide bonds. The van der Waals surface area contributed by atoms with E-state index in [0.29, 0.717) is 5.92 Å². The van der Waals surface area contributed by atoms with Gasteiger partial charge >= 0.3 is 0 Å². The van der Waals surface area contributed by atoms with Crippen LogP contribution in [0, 0.1) is 5.92 Å². The van der Waals surface area contributed by atoms with Crippen molar-refractivity contribution in [1.82, 2.24) is 9.97 Å². The van der Waals surface area contributed by atoms with E-state index in [1.807, 2.05) is 6.92 Å². The Labute approximate surface area is 160 Å². The van der Waals surface area contributed by atoms with E-state index >= 15 is 0 Å². The topological polar surface area (TPSA) is 81.2 Å². The van der Waals surface area contributed by atoms with Crippen molar-refractivity contribution < 1.29 is 13.2 Å². The van der Waals surface area contributed by atoms with E-state index in [2.05, 4.69) is 14.7 Å². The van der Waals surface area contributed by atoms with Gasteiger partial charge in [0, 0.05) is 0 Å². The van der Waals surface area contributed by atoms with E-state index < -0.39 is 10.0 Å². The number of aromatic nitrogens is 2. The monoisotopic (exact) mass is 421 g/mol. The first-order valence-corrected chi connectivity index (χ1v) is 10.1. The minimum Gasteiger partial charge on any atom is -0.472 e. The molecular formula is C15H14Cl3N3O3S. The third-order valence-electron chi connectivity index (χ3n) is 3.73. The SMILES string of the molecule is CC(Oc1nc(Cl)cnc1NS(=O)(=O)c1cccc(Cl)c1Cl)C1CC1. The van der Waals surface area contributed by atoms with Crippen LogP contribution in [0.2, 0.25) is 15.2 Å². The molecule has 1 N–H and O–H groups in total. The smallest absolute Gasteiger partial charge is 0.264 e. The van der Waals surface area contributed by atoms with Gasteiger partial charge in [-0.25, -0.2) is 13.4 Å². The molecule has 10 heteroatoms. The van der Waals surface area contributed by atoms with Gasteiger partial charge < -0.3 is 4.74 Å². The first-order valence-electron chi connectivity index (χ1n) is 7.44. The highest BCUT2D eigenvalue weighted by molar-refractivity contribution is 7.92. The lowest BCUT2D eigenvalue weighted by Crippen LogP contribution is -2.19. The lowest BCUT2D eigenvalue weighted by Gasteiger charge is -2.16. The van der Waals surface area contributed by atoms with Crippen LogP contribution >= 0.6 is 34.8 Å². The second-order valence-corrected chi connectivity index (χ2v) is 8.49. The van der Waals surface area contributed by atoms with Crippen molar-refractivity contribution in [2.24, 2.45) is 5.92 Å². The van der Waals surface area contributed by atoms with Crippen LogP contribution in [0.15, 0.2) is 29.3 Å². The number of benzene rings is 1. The fourth-order valence-electron chi connectivity index (χ4n) is 2.22. The number of halogens is 3. The van der Waals surface area contributed by atoms with Crippen molar-refractivity contribution in [1.29, 1.82) is 0 Å². The van der Waals surface area contributed by atoms with Crippen molar-refractivity contribution in [2.45, 2.75) is 30.8 Å². The van der Waals surface area contributed by atoms with Gasteiger partial charge in [-0.05, 0) is 37.8 Å². The Balaban J connectivity index is 1.92. The van der Waals surface area contributed by atoms with Crippen LogP contribution in [0.4, 0.5) is 5.82 Å². The highest BCUT2D eigenvalue weighted by Gasteiger charge is 2.31. The Hall–Kier alpha value is -1.28. The lowest BCUT2D eigenvalue weighted by molar-refractivity contribution is 0.190. The molecule has 0 aliphatic heterocycles. The molecule has 1 aromatic heterocycles. The Morgan fingerprint density at radius 2 is 2.00 bits per heavy atom. The maximum atomic E-state index is 12.6. The summed E-state index contributed by atoms with van der Waals surface area (Å²) in [5.41, 5.74) is 0. The van der Waals surface area contributed by atoms with Gasteiger partial charge in [0.1, 0.15) is 11.0 Å². The molecule has 0 bridgehead atoms. The number of anilines is 1. The van der Waals surface area contributed by atoms with Gasteiger partial charge in [-0.2, -0.15) is 4.98 Å². The second kappa shape index (κ2) is 7.15. The Kier molecular flexibility index (Phi) is 5.29. The maximum absolute atomic E-state index is 12.6. The van der Waals surface area contributed by atoms with Crippen LogP contribution in [0.5, 0.6) is 5.88 Å². The molecule has 2 aromatic rings. The van der Waals surface area contributed by atoms with E-state index in [4.69, 9.17) is 39.5 Å². The third-order valence-corrected chi connectivity index (χ3v) is 6.23. The molecule has 6 nitrogen and oxygen atoms in total. The van der Waals surface area contributed by atoms with Gasteiger partial charge in [0.2, 0.25) is 5.82 Å². The molecular weight excluding hydrogens is 409 g/mol. The zero-order valence-corrected chi connectivity index (χ0v) is 16.1. The molecule has 134 valence electrons. The van der Waals surface area contributed by atoms with Crippen molar-refractivity contribution in [3.8, 4) is 5.88 Å². The largest absolute Gasteiger partial charge is 0.472 e. The average molecular weight is 423 g/mol. The normalized spacial score (nSPS) is 15.7. The summed E-state index contributed by atoms with van der Waals surface area (Å²) in [6.07, 6.45) is 3.24. The summed E-state index contributed by atoms with van der Waals surface area (Å²) in [6, 6.07) is 4.33. The Morgan fingerprint density at radius 1 is 1.28 bits per heavy atom. The highest BCUT2D eigenvalue weighted by atomic mass is 35.5. The van der Waals surface area contributed by atoms with Gasteiger partial charge in [0.15, 0.2) is 5.15 Å². The second-order valence-electron chi connectivity index (χ2n) is 5.66. The first kappa shape index (κ1) is 18.5. The Bertz CT molecular complexity index is 904. The van der Waals surface area contributed by atoms with Crippen LogP contribution in [-0.2, 0) is 10.0 Å². The van der Waals surface area contributed by atoms with E-state index in [-0.39, 0.29) is 37.9 Å². The van der Waals surface area contributed by atoms with Crippen molar-refractivity contribution in [3.05, 3.63) is 39.6 Å². The van der Waals surface area contributed by atoms with Crippen LogP contribution in [-0.4, -0.2) is 24.5 Å². The van der Waals surface area contributed by atoms with Crippen LogP contribution in [0.3, 0.4) is 0 Å². The first-order chi connectivity index (χ1) is 11.8. The Morgan fingerprint density at radius 3 is 2.68 bits per heavy atom. The predicted molar refractivity (Wildman–Crippen MR) is 97.1 cm³/mol. The van der Waals surface area contributed by atoms with Gasteiger partial charge in [-0.1, -0.05) is 40.9 Å². The van der Waals surface area contributed by atoms with Crippen LogP contribution < -0.4 is 9.46 Å². The number of nitrogens with one attached hydrogen (secondary N) is 1. The molecule has 1 fully saturated rings. The van der Waals surface area contributed by atoms with Crippen molar-refractivity contribution in [2.75, 3.05) is 4.72 Å². The van der Waals surface area contributed by atoms with E-state index in [9.17, 15) is 8.42 Å². The minimum absolute atomic E-state index is 0.0219. The predicted octanol–water partition coefficient (Wildman–Crippen LogP) is 4.41. The molecule has 3 rings (SSSR count). The number of rotatable bonds is 6. The molecule has 1 aliphatic carbocycles. The number of nitrogens with zero attached hydrogens (tertiary/aromatic N) is 2. The molecule has 25 heavy (non-hydrogen) atoms. The number of hydrogen-bond acceptors (Lipinski definition) is 5. The standard InChI is InChI=1S/C15H14Cl3N3O3S/c1-8(9-5-6-9)24-15-14(19-7-12(17)20-15)21-25(22,23)11-4-2-3-10(16)13(11)18/h2-4,7-9H,5-6H2,1H3,(H,19,21). The molecule has 0 saturated heterocycles. The van der Waals surface area contributed by atoms with Crippen molar-refractivity contribution >= 4 is 50.6 Å². The van der Waals surface area contributed by atoms with Crippen LogP contribution in [0.1, 0.15) is 19.8 Å². The molecule has 1 atom stereocenters. The zero-order valence-electron chi connectivity index (χ0n) is 13.0. The summed E-state index contributed by atoms with van der Waals surface area (Å²) >= 11 is 17.8. The zero-order chi connectivity index (χ0) is 18.2. The number of sulfonamides is 1. The van der Waals surface area contributed by atoms with E-state index in [0.717, 1.165) is 12.8 Å². The van der Waals surface area contributed by atoms with Crippen LogP contribution in [0.25, 0.3) is 0 Å². The molecule has 1 aliphatic rings. The molecule has 1 saturated carbocycles. The number of hydrogen-bond donors (Lipinski definition) is 1. The summed E-state index contributed by atoms with van der Waals surface area (Å²) in [5, 5.41) is 0.153. The molecule has 0 radical (unpaired) electrons. The fraction of sp³-hybridized carbons (Fsp3) is 0.333. The van der Waals surface area contributed by atoms with E-state index in [1.165, 1.54) is 24.4 Å². The molecule has 1 aromatic carbocycles. The van der Waals surface area contributed by atoms with Gasteiger partial charge in [0.05, 0.1) is 16.2 Å².